The molecule has 0 heterocycles. The SMILES string of the molecule is Cc1ccc(C(=O)Nc2cc(Cl)ccc2OCC(F)(F)F)cc1NS(C)(=O)=O. The Labute approximate surface area is 164 Å². The fourth-order valence-electron chi connectivity index (χ4n) is 2.15. The van der Waals surface area contributed by atoms with Crippen LogP contribution in [0, 0.1) is 6.92 Å². The van der Waals surface area contributed by atoms with Crippen LogP contribution in [0.1, 0.15) is 15.9 Å². The van der Waals surface area contributed by atoms with Crippen molar-refractivity contribution in [2.75, 3.05) is 22.9 Å². The molecular weight excluding hydrogens is 421 g/mol. The molecule has 2 aromatic rings. The summed E-state index contributed by atoms with van der Waals surface area (Å²) in [5, 5.41) is 2.60. The number of rotatable bonds is 6. The van der Waals surface area contributed by atoms with Gasteiger partial charge in [-0.1, -0.05) is 17.7 Å². The van der Waals surface area contributed by atoms with Gasteiger partial charge in [0.15, 0.2) is 6.61 Å². The predicted octanol–water partition coefficient (Wildman–Crippen LogP) is 4.21. The standard InChI is InChI=1S/C17H16ClF3N2O4S/c1-10-3-4-11(7-13(10)23-28(2,25)26)16(24)22-14-8-12(18)5-6-15(14)27-9-17(19,20)21/h3-8,23H,9H2,1-2H3,(H,22,24). The quantitative estimate of drug-likeness (QED) is 0.710. The molecule has 2 N–H and O–H groups in total. The molecule has 0 fully saturated rings. The summed E-state index contributed by atoms with van der Waals surface area (Å²) in [6.45, 7) is 0.111. The van der Waals surface area contributed by atoms with Crippen molar-refractivity contribution in [3.63, 3.8) is 0 Å². The van der Waals surface area contributed by atoms with E-state index in [0.717, 1.165) is 6.26 Å². The summed E-state index contributed by atoms with van der Waals surface area (Å²) < 4.78 is 67.1. The summed E-state index contributed by atoms with van der Waals surface area (Å²) in [7, 11) is -3.56. The van der Waals surface area contributed by atoms with Crippen LogP contribution in [-0.4, -0.2) is 33.4 Å². The summed E-state index contributed by atoms with van der Waals surface area (Å²) >= 11 is 5.85. The van der Waals surface area contributed by atoms with Crippen LogP contribution in [0.15, 0.2) is 36.4 Å². The first-order valence-electron chi connectivity index (χ1n) is 7.73. The van der Waals surface area contributed by atoms with Crippen molar-refractivity contribution in [2.45, 2.75) is 13.1 Å². The molecule has 1 amide bonds. The van der Waals surface area contributed by atoms with Crippen LogP contribution in [0.5, 0.6) is 5.75 Å². The van der Waals surface area contributed by atoms with Crippen molar-refractivity contribution >= 4 is 38.9 Å². The topological polar surface area (TPSA) is 84.5 Å². The summed E-state index contributed by atoms with van der Waals surface area (Å²) in [6, 6.07) is 8.06. The maximum atomic E-state index is 12.5. The number of nitrogens with one attached hydrogen (secondary N) is 2. The molecule has 6 nitrogen and oxygen atoms in total. The van der Waals surface area contributed by atoms with Crippen LogP contribution in [-0.2, 0) is 10.0 Å². The molecule has 152 valence electrons. The van der Waals surface area contributed by atoms with Gasteiger partial charge in [0.05, 0.1) is 17.6 Å². The Bertz CT molecular complexity index is 994. The zero-order valence-electron chi connectivity index (χ0n) is 14.7. The number of alkyl halides is 3. The summed E-state index contributed by atoms with van der Waals surface area (Å²) in [5.74, 6) is -0.896. The summed E-state index contributed by atoms with van der Waals surface area (Å²) in [6.07, 6.45) is -3.58. The maximum Gasteiger partial charge on any atom is 0.422 e. The highest BCUT2D eigenvalue weighted by molar-refractivity contribution is 7.92. The second-order valence-electron chi connectivity index (χ2n) is 5.90. The second-order valence-corrected chi connectivity index (χ2v) is 8.09. The van der Waals surface area contributed by atoms with Crippen LogP contribution >= 0.6 is 11.6 Å². The van der Waals surface area contributed by atoms with Gasteiger partial charge in [0.25, 0.3) is 5.91 Å². The number of anilines is 2. The smallest absolute Gasteiger partial charge is 0.422 e. The molecule has 0 saturated carbocycles. The Kier molecular flexibility index (Phi) is 6.45. The van der Waals surface area contributed by atoms with Gasteiger partial charge in [-0.3, -0.25) is 9.52 Å². The van der Waals surface area contributed by atoms with E-state index in [1.165, 1.54) is 36.4 Å². The Morgan fingerprint density at radius 2 is 1.82 bits per heavy atom. The monoisotopic (exact) mass is 436 g/mol. The first-order valence-corrected chi connectivity index (χ1v) is 10.00. The Morgan fingerprint density at radius 3 is 2.43 bits per heavy atom. The number of aryl methyl sites for hydroxylation is 1. The fourth-order valence-corrected chi connectivity index (χ4v) is 2.94. The largest absolute Gasteiger partial charge is 0.482 e. The Morgan fingerprint density at radius 1 is 1.14 bits per heavy atom. The van der Waals surface area contributed by atoms with Crippen LogP contribution in [0.2, 0.25) is 5.02 Å². The van der Waals surface area contributed by atoms with Gasteiger partial charge in [-0.2, -0.15) is 13.2 Å². The molecule has 0 saturated heterocycles. The minimum Gasteiger partial charge on any atom is -0.482 e. The number of benzene rings is 2. The van der Waals surface area contributed by atoms with Crippen LogP contribution in [0.25, 0.3) is 0 Å². The molecule has 0 aliphatic heterocycles. The molecule has 0 radical (unpaired) electrons. The van der Waals surface area contributed by atoms with Gasteiger partial charge < -0.3 is 10.1 Å². The fraction of sp³-hybridized carbons (Fsp3) is 0.235. The molecule has 0 aliphatic carbocycles. The molecule has 28 heavy (non-hydrogen) atoms. The molecule has 2 aromatic carbocycles. The predicted molar refractivity (Wildman–Crippen MR) is 101 cm³/mol. The molecule has 0 aliphatic rings. The van der Waals surface area contributed by atoms with Crippen LogP contribution in [0.3, 0.4) is 0 Å². The first kappa shape index (κ1) is 21.8. The first-order chi connectivity index (χ1) is 12.8. The van der Waals surface area contributed by atoms with Crippen molar-refractivity contribution in [1.29, 1.82) is 0 Å². The number of carbonyl (C=O) groups excluding carboxylic acids is 1. The van der Waals surface area contributed by atoms with Gasteiger partial charge in [0, 0.05) is 10.6 Å². The number of amides is 1. The van der Waals surface area contributed by atoms with Crippen LogP contribution < -0.4 is 14.8 Å². The molecule has 11 heteroatoms. The third kappa shape index (κ3) is 6.61. The van der Waals surface area contributed by atoms with Crippen molar-refractivity contribution in [1.82, 2.24) is 0 Å². The van der Waals surface area contributed by atoms with Gasteiger partial charge in [0.2, 0.25) is 10.0 Å². The van der Waals surface area contributed by atoms with Crippen molar-refractivity contribution in [3.05, 3.63) is 52.5 Å². The molecule has 0 atom stereocenters. The molecule has 0 bridgehead atoms. The van der Waals surface area contributed by atoms with E-state index < -0.39 is 28.7 Å². The lowest BCUT2D eigenvalue weighted by atomic mass is 10.1. The van der Waals surface area contributed by atoms with E-state index in [1.54, 1.807) is 6.92 Å². The highest BCUT2D eigenvalue weighted by Crippen LogP contribution is 2.30. The zero-order valence-corrected chi connectivity index (χ0v) is 16.3. The third-order valence-corrected chi connectivity index (χ3v) is 4.20. The van der Waals surface area contributed by atoms with Gasteiger partial charge in [-0.25, -0.2) is 8.42 Å². The maximum absolute atomic E-state index is 12.5. The third-order valence-electron chi connectivity index (χ3n) is 3.38. The van der Waals surface area contributed by atoms with Crippen LogP contribution in [0.4, 0.5) is 24.5 Å². The van der Waals surface area contributed by atoms with Crippen molar-refractivity contribution in [3.8, 4) is 5.75 Å². The Hall–Kier alpha value is -2.46. The number of hydrogen-bond donors (Lipinski definition) is 2. The normalized spacial score (nSPS) is 11.8. The molecule has 0 aromatic heterocycles. The van der Waals surface area contributed by atoms with E-state index in [2.05, 4.69) is 10.0 Å². The lowest BCUT2D eigenvalue weighted by molar-refractivity contribution is -0.153. The lowest BCUT2D eigenvalue weighted by Gasteiger charge is -2.15. The molecular formula is C17H16ClF3N2O4S. The highest BCUT2D eigenvalue weighted by Gasteiger charge is 2.29. The minimum atomic E-state index is -4.55. The number of sulfonamides is 1. The van der Waals surface area contributed by atoms with E-state index in [9.17, 15) is 26.4 Å². The minimum absolute atomic E-state index is 0.0556. The zero-order chi connectivity index (χ0) is 21.1. The molecule has 2 rings (SSSR count). The lowest BCUT2D eigenvalue weighted by Crippen LogP contribution is -2.20. The average Bonchev–Trinajstić information content (AvgIpc) is 2.54. The van der Waals surface area contributed by atoms with E-state index in [4.69, 9.17) is 16.3 Å². The number of carbonyl (C=O) groups is 1. The van der Waals surface area contributed by atoms with E-state index in [1.807, 2.05) is 0 Å². The van der Waals surface area contributed by atoms with E-state index >= 15 is 0 Å². The van der Waals surface area contributed by atoms with Gasteiger partial charge >= 0.3 is 6.18 Å². The van der Waals surface area contributed by atoms with Crippen molar-refractivity contribution in [2.24, 2.45) is 0 Å². The summed E-state index contributed by atoms with van der Waals surface area (Å²) in [4.78, 5) is 12.5. The number of ether oxygens (including phenoxy) is 1. The molecule has 0 spiro atoms. The van der Waals surface area contributed by atoms with E-state index in [0.29, 0.717) is 5.56 Å². The molecule has 0 unspecified atom stereocenters. The number of hydrogen-bond acceptors (Lipinski definition) is 4. The van der Waals surface area contributed by atoms with E-state index in [-0.39, 0.29) is 27.7 Å². The summed E-state index contributed by atoms with van der Waals surface area (Å²) in [5.41, 5.74) is 0.812. The van der Waals surface area contributed by atoms with Gasteiger partial charge in [-0.15, -0.1) is 0 Å². The van der Waals surface area contributed by atoms with Gasteiger partial charge in [0.1, 0.15) is 5.75 Å². The average molecular weight is 437 g/mol. The number of halogens is 4. The van der Waals surface area contributed by atoms with Crippen molar-refractivity contribution < 1.29 is 31.1 Å². The second kappa shape index (κ2) is 8.27. The highest BCUT2D eigenvalue weighted by atomic mass is 35.5. The Balaban J connectivity index is 2.27. The van der Waals surface area contributed by atoms with Gasteiger partial charge in [-0.05, 0) is 42.8 Å².